The first kappa shape index (κ1) is 14.3. The van der Waals surface area contributed by atoms with Crippen molar-refractivity contribution in [3.8, 4) is 0 Å². The molecule has 0 aromatic heterocycles. The van der Waals surface area contributed by atoms with Gasteiger partial charge in [-0.3, -0.25) is 0 Å². The van der Waals surface area contributed by atoms with Crippen molar-refractivity contribution in [1.29, 1.82) is 0 Å². The van der Waals surface area contributed by atoms with Gasteiger partial charge in [-0.25, -0.2) is 0 Å². The molecule has 1 saturated carbocycles. The minimum absolute atomic E-state index is 0.338. The molecule has 1 saturated heterocycles. The van der Waals surface area contributed by atoms with E-state index in [9.17, 15) is 0 Å². The standard InChI is InChI=1S/C16H31NO/c1-5-7-8-12(6-2)11-17-14-13-9-10-18-15(13)16(14,3)4/h12-15,17H,5-11H2,1-4H3. The Labute approximate surface area is 113 Å². The monoisotopic (exact) mass is 253 g/mol. The van der Waals surface area contributed by atoms with Gasteiger partial charge >= 0.3 is 0 Å². The number of ether oxygens (including phenoxy) is 1. The molecular weight excluding hydrogens is 222 g/mol. The Hall–Kier alpha value is -0.0800. The summed E-state index contributed by atoms with van der Waals surface area (Å²) in [6, 6.07) is 0.681. The van der Waals surface area contributed by atoms with Gasteiger partial charge in [-0.2, -0.15) is 0 Å². The van der Waals surface area contributed by atoms with E-state index in [1.54, 1.807) is 0 Å². The summed E-state index contributed by atoms with van der Waals surface area (Å²) in [5.74, 6) is 1.64. The molecule has 0 radical (unpaired) electrons. The van der Waals surface area contributed by atoms with Gasteiger partial charge in [0.2, 0.25) is 0 Å². The first-order valence-corrected chi connectivity index (χ1v) is 7.96. The highest BCUT2D eigenvalue weighted by molar-refractivity contribution is 5.11. The molecule has 1 aliphatic carbocycles. The number of hydrogen-bond donors (Lipinski definition) is 1. The molecule has 2 rings (SSSR count). The predicted molar refractivity (Wildman–Crippen MR) is 76.7 cm³/mol. The summed E-state index contributed by atoms with van der Waals surface area (Å²) in [4.78, 5) is 0. The van der Waals surface area contributed by atoms with Crippen molar-refractivity contribution in [3.63, 3.8) is 0 Å². The van der Waals surface area contributed by atoms with E-state index in [1.165, 1.54) is 38.6 Å². The molecular formula is C16H31NO. The quantitative estimate of drug-likeness (QED) is 0.748. The van der Waals surface area contributed by atoms with E-state index >= 15 is 0 Å². The molecule has 0 spiro atoms. The van der Waals surface area contributed by atoms with Gasteiger partial charge < -0.3 is 10.1 Å². The molecule has 0 aromatic rings. The van der Waals surface area contributed by atoms with Gasteiger partial charge in [-0.15, -0.1) is 0 Å². The van der Waals surface area contributed by atoms with Crippen LogP contribution in [0.15, 0.2) is 0 Å². The van der Waals surface area contributed by atoms with Crippen LogP contribution in [0.4, 0.5) is 0 Å². The van der Waals surface area contributed by atoms with Crippen molar-refractivity contribution in [1.82, 2.24) is 5.32 Å². The van der Waals surface area contributed by atoms with E-state index in [1.807, 2.05) is 0 Å². The highest BCUT2D eigenvalue weighted by Gasteiger charge is 2.58. The molecule has 0 aromatic carbocycles. The van der Waals surface area contributed by atoms with Crippen LogP contribution in [0.5, 0.6) is 0 Å². The fourth-order valence-electron chi connectivity index (χ4n) is 3.98. The van der Waals surface area contributed by atoms with Crippen LogP contribution in [-0.2, 0) is 4.74 Å². The number of hydrogen-bond acceptors (Lipinski definition) is 2. The second-order valence-electron chi connectivity index (χ2n) is 6.87. The van der Waals surface area contributed by atoms with E-state index < -0.39 is 0 Å². The number of fused-ring (bicyclic) bond motifs is 1. The highest BCUT2D eigenvalue weighted by Crippen LogP contribution is 2.52. The maximum atomic E-state index is 5.86. The Morgan fingerprint density at radius 2 is 2.11 bits per heavy atom. The van der Waals surface area contributed by atoms with Crippen molar-refractivity contribution in [2.75, 3.05) is 13.2 Å². The molecule has 18 heavy (non-hydrogen) atoms. The fraction of sp³-hybridized carbons (Fsp3) is 1.00. The lowest BCUT2D eigenvalue weighted by Gasteiger charge is -2.55. The second kappa shape index (κ2) is 5.92. The van der Waals surface area contributed by atoms with E-state index in [0.717, 1.165) is 18.4 Å². The molecule has 4 unspecified atom stereocenters. The van der Waals surface area contributed by atoms with Crippen LogP contribution in [-0.4, -0.2) is 25.3 Å². The van der Waals surface area contributed by atoms with Crippen LogP contribution < -0.4 is 5.32 Å². The summed E-state index contributed by atoms with van der Waals surface area (Å²) in [5, 5.41) is 3.86. The van der Waals surface area contributed by atoms with Crippen LogP contribution in [0.25, 0.3) is 0 Å². The largest absolute Gasteiger partial charge is 0.377 e. The molecule has 1 N–H and O–H groups in total. The van der Waals surface area contributed by atoms with Gasteiger partial charge in [0.25, 0.3) is 0 Å². The third-order valence-corrected chi connectivity index (χ3v) is 5.27. The number of nitrogens with one attached hydrogen (secondary N) is 1. The average molecular weight is 253 g/mol. The molecule has 106 valence electrons. The van der Waals surface area contributed by atoms with Crippen LogP contribution in [0.3, 0.4) is 0 Å². The minimum Gasteiger partial charge on any atom is -0.377 e. The molecule has 0 bridgehead atoms. The molecule has 1 aliphatic heterocycles. The van der Waals surface area contributed by atoms with Crippen molar-refractivity contribution in [2.45, 2.75) is 71.9 Å². The van der Waals surface area contributed by atoms with Gasteiger partial charge in [0.15, 0.2) is 0 Å². The van der Waals surface area contributed by atoms with Crippen LogP contribution in [0, 0.1) is 17.3 Å². The van der Waals surface area contributed by atoms with Crippen molar-refractivity contribution < 1.29 is 4.74 Å². The Kier molecular flexibility index (Phi) is 4.71. The second-order valence-corrected chi connectivity index (χ2v) is 6.87. The summed E-state index contributed by atoms with van der Waals surface area (Å²) < 4.78 is 5.86. The Balaban J connectivity index is 1.79. The van der Waals surface area contributed by atoms with Gasteiger partial charge in [0.1, 0.15) is 0 Å². The number of unbranched alkanes of at least 4 members (excludes halogenated alkanes) is 1. The van der Waals surface area contributed by atoms with E-state index in [2.05, 4.69) is 33.0 Å². The minimum atomic E-state index is 0.338. The van der Waals surface area contributed by atoms with E-state index in [-0.39, 0.29) is 0 Å². The molecule has 2 heteroatoms. The lowest BCUT2D eigenvalue weighted by atomic mass is 9.57. The van der Waals surface area contributed by atoms with Gasteiger partial charge in [0, 0.05) is 24.0 Å². The van der Waals surface area contributed by atoms with Crippen molar-refractivity contribution in [2.24, 2.45) is 17.3 Å². The molecule has 0 amide bonds. The molecule has 2 aliphatic rings. The van der Waals surface area contributed by atoms with Gasteiger partial charge in [-0.1, -0.05) is 47.0 Å². The lowest BCUT2D eigenvalue weighted by Crippen LogP contribution is -2.66. The summed E-state index contributed by atoms with van der Waals surface area (Å²) in [5.41, 5.74) is 0.338. The molecule has 1 heterocycles. The van der Waals surface area contributed by atoms with E-state index in [4.69, 9.17) is 4.74 Å². The summed E-state index contributed by atoms with van der Waals surface area (Å²) >= 11 is 0. The molecule has 4 atom stereocenters. The highest BCUT2D eigenvalue weighted by atomic mass is 16.5. The van der Waals surface area contributed by atoms with Crippen molar-refractivity contribution in [3.05, 3.63) is 0 Å². The normalized spacial score (nSPS) is 35.0. The average Bonchev–Trinajstić information content (AvgIpc) is 2.80. The van der Waals surface area contributed by atoms with Gasteiger partial charge in [-0.05, 0) is 25.3 Å². The fourth-order valence-corrected chi connectivity index (χ4v) is 3.98. The van der Waals surface area contributed by atoms with Crippen molar-refractivity contribution >= 4 is 0 Å². The Morgan fingerprint density at radius 3 is 2.78 bits per heavy atom. The van der Waals surface area contributed by atoms with Crippen LogP contribution >= 0.6 is 0 Å². The maximum Gasteiger partial charge on any atom is 0.0685 e. The summed E-state index contributed by atoms with van der Waals surface area (Å²) in [7, 11) is 0. The molecule has 2 fully saturated rings. The smallest absolute Gasteiger partial charge is 0.0685 e. The first-order valence-electron chi connectivity index (χ1n) is 7.96. The molecule has 2 nitrogen and oxygen atoms in total. The van der Waals surface area contributed by atoms with E-state index in [0.29, 0.717) is 17.6 Å². The van der Waals surface area contributed by atoms with Crippen LogP contribution in [0.1, 0.15) is 59.8 Å². The number of rotatable bonds is 7. The zero-order valence-corrected chi connectivity index (χ0v) is 12.7. The predicted octanol–water partition coefficient (Wildman–Crippen LogP) is 3.61. The zero-order chi connectivity index (χ0) is 13.2. The Morgan fingerprint density at radius 1 is 1.33 bits per heavy atom. The summed E-state index contributed by atoms with van der Waals surface area (Å²) in [6.45, 7) is 11.5. The first-order chi connectivity index (χ1) is 8.61. The van der Waals surface area contributed by atoms with Crippen LogP contribution in [0.2, 0.25) is 0 Å². The topological polar surface area (TPSA) is 21.3 Å². The lowest BCUT2D eigenvalue weighted by molar-refractivity contribution is -0.113. The Bertz CT molecular complexity index is 264. The zero-order valence-electron chi connectivity index (χ0n) is 12.7. The SMILES string of the molecule is CCCCC(CC)CNC1C2CCOC2C1(C)C. The van der Waals surface area contributed by atoms with Gasteiger partial charge in [0.05, 0.1) is 6.10 Å². The summed E-state index contributed by atoms with van der Waals surface area (Å²) in [6.07, 6.45) is 7.18. The third kappa shape index (κ3) is 2.60. The maximum absolute atomic E-state index is 5.86. The third-order valence-electron chi connectivity index (χ3n) is 5.27.